The van der Waals surface area contributed by atoms with Gasteiger partial charge in [0, 0.05) is 12.3 Å². The van der Waals surface area contributed by atoms with Gasteiger partial charge in [-0.3, -0.25) is 4.79 Å². The molecule has 0 radical (unpaired) electrons. The third kappa shape index (κ3) is 6.57. The number of nitrogens with one attached hydrogen (secondary N) is 1. The molecule has 1 N–H and O–H groups in total. The van der Waals surface area contributed by atoms with Gasteiger partial charge in [0.2, 0.25) is 0 Å². The molecule has 0 fully saturated rings. The predicted molar refractivity (Wildman–Crippen MR) is 98.5 cm³/mol. The second-order valence-corrected chi connectivity index (χ2v) is 5.56. The number of esters is 1. The molecule has 0 heterocycles. The van der Waals surface area contributed by atoms with Crippen molar-refractivity contribution in [2.45, 2.75) is 13.8 Å². The number of aryl methyl sites for hydroxylation is 1. The van der Waals surface area contributed by atoms with Crippen molar-refractivity contribution in [3.8, 4) is 5.75 Å². The number of anilines is 1. The molecule has 0 bridgehead atoms. The van der Waals surface area contributed by atoms with E-state index in [1.165, 1.54) is 0 Å². The van der Waals surface area contributed by atoms with Gasteiger partial charge in [-0.25, -0.2) is 4.79 Å². The van der Waals surface area contributed by atoms with Crippen LogP contribution in [0.2, 0.25) is 0 Å². The maximum atomic E-state index is 12.0. The van der Waals surface area contributed by atoms with E-state index in [2.05, 4.69) is 5.32 Å². The van der Waals surface area contributed by atoms with Gasteiger partial charge < -0.3 is 19.5 Å². The molecule has 0 atom stereocenters. The average molecular weight is 357 g/mol. The predicted octanol–water partition coefficient (Wildman–Crippen LogP) is 3.21. The molecule has 0 aromatic heterocycles. The van der Waals surface area contributed by atoms with Crippen LogP contribution in [0.5, 0.6) is 5.75 Å². The quantitative estimate of drug-likeness (QED) is 0.551. The normalized spacial score (nSPS) is 10.2. The highest BCUT2D eigenvalue weighted by Gasteiger charge is 2.09. The van der Waals surface area contributed by atoms with Gasteiger partial charge in [0.05, 0.1) is 12.2 Å². The lowest BCUT2D eigenvalue weighted by atomic mass is 10.2. The Balaban J connectivity index is 1.83. The van der Waals surface area contributed by atoms with E-state index in [0.717, 1.165) is 5.56 Å². The number of amides is 1. The van der Waals surface area contributed by atoms with E-state index < -0.39 is 5.97 Å². The maximum Gasteiger partial charge on any atom is 0.338 e. The van der Waals surface area contributed by atoms with Crippen LogP contribution in [0.1, 0.15) is 22.8 Å². The first kappa shape index (κ1) is 19.5. The van der Waals surface area contributed by atoms with Crippen LogP contribution in [0, 0.1) is 6.92 Å². The van der Waals surface area contributed by atoms with Gasteiger partial charge in [-0.1, -0.05) is 23.8 Å². The molecule has 0 unspecified atom stereocenters. The highest BCUT2D eigenvalue weighted by molar-refractivity contribution is 5.95. The van der Waals surface area contributed by atoms with Crippen molar-refractivity contribution >= 4 is 17.6 Å². The van der Waals surface area contributed by atoms with E-state index in [1.54, 1.807) is 24.3 Å². The molecule has 6 heteroatoms. The monoisotopic (exact) mass is 357 g/mol. The first-order valence-corrected chi connectivity index (χ1v) is 8.42. The number of carbonyl (C=O) groups excluding carboxylic acids is 2. The lowest BCUT2D eigenvalue weighted by molar-refractivity contribution is -0.118. The maximum absolute atomic E-state index is 12.0. The van der Waals surface area contributed by atoms with Crippen molar-refractivity contribution in [2.75, 3.05) is 31.7 Å². The zero-order valence-corrected chi connectivity index (χ0v) is 15.0. The fourth-order valence-corrected chi connectivity index (χ4v) is 2.13. The zero-order valence-electron chi connectivity index (χ0n) is 15.0. The molecule has 0 saturated heterocycles. The standard InChI is InChI=1S/C20H23NO5/c1-3-24-11-12-25-20(23)16-5-4-6-17(13-16)21-19(22)14-26-18-9-7-15(2)8-10-18/h4-10,13H,3,11-12,14H2,1-2H3,(H,21,22). The highest BCUT2D eigenvalue weighted by atomic mass is 16.6. The summed E-state index contributed by atoms with van der Waals surface area (Å²) in [6.07, 6.45) is 0. The van der Waals surface area contributed by atoms with E-state index in [9.17, 15) is 9.59 Å². The van der Waals surface area contributed by atoms with Gasteiger partial charge in [0.1, 0.15) is 12.4 Å². The van der Waals surface area contributed by atoms with E-state index in [-0.39, 0.29) is 19.1 Å². The third-order valence-electron chi connectivity index (χ3n) is 3.44. The lowest BCUT2D eigenvalue weighted by Crippen LogP contribution is -2.20. The Bertz CT molecular complexity index is 727. The molecule has 2 aromatic carbocycles. The molecule has 6 nitrogen and oxygen atoms in total. The summed E-state index contributed by atoms with van der Waals surface area (Å²) in [5.41, 5.74) is 1.98. The highest BCUT2D eigenvalue weighted by Crippen LogP contribution is 2.13. The van der Waals surface area contributed by atoms with Crippen LogP contribution in [-0.2, 0) is 14.3 Å². The molecule has 138 valence electrons. The van der Waals surface area contributed by atoms with Gasteiger partial charge in [0.15, 0.2) is 6.61 Å². The Morgan fingerprint density at radius 1 is 1.04 bits per heavy atom. The minimum atomic E-state index is -0.461. The largest absolute Gasteiger partial charge is 0.484 e. The van der Waals surface area contributed by atoms with Crippen molar-refractivity contribution in [2.24, 2.45) is 0 Å². The summed E-state index contributed by atoms with van der Waals surface area (Å²) in [6, 6.07) is 14.0. The number of carbonyl (C=O) groups is 2. The Labute approximate surface area is 153 Å². The van der Waals surface area contributed by atoms with Gasteiger partial charge in [0.25, 0.3) is 5.91 Å². The van der Waals surface area contributed by atoms with Crippen LogP contribution in [0.4, 0.5) is 5.69 Å². The Kier molecular flexibility index (Phi) is 7.64. The van der Waals surface area contributed by atoms with Gasteiger partial charge in [-0.15, -0.1) is 0 Å². The van der Waals surface area contributed by atoms with Crippen molar-refractivity contribution in [1.82, 2.24) is 0 Å². The number of rotatable bonds is 9. The second kappa shape index (κ2) is 10.2. The van der Waals surface area contributed by atoms with Gasteiger partial charge in [-0.05, 0) is 44.2 Å². The minimum Gasteiger partial charge on any atom is -0.484 e. The van der Waals surface area contributed by atoms with E-state index in [1.807, 2.05) is 38.1 Å². The smallest absolute Gasteiger partial charge is 0.338 e. The van der Waals surface area contributed by atoms with Crippen molar-refractivity contribution in [3.63, 3.8) is 0 Å². The summed E-state index contributed by atoms with van der Waals surface area (Å²) >= 11 is 0. The van der Waals surface area contributed by atoms with Crippen LogP contribution in [-0.4, -0.2) is 38.3 Å². The van der Waals surface area contributed by atoms with Crippen LogP contribution >= 0.6 is 0 Å². The van der Waals surface area contributed by atoms with Crippen LogP contribution < -0.4 is 10.1 Å². The first-order chi connectivity index (χ1) is 12.6. The van der Waals surface area contributed by atoms with Crippen molar-refractivity contribution < 1.29 is 23.8 Å². The Morgan fingerprint density at radius 2 is 1.81 bits per heavy atom. The molecular weight excluding hydrogens is 334 g/mol. The second-order valence-electron chi connectivity index (χ2n) is 5.56. The van der Waals surface area contributed by atoms with Crippen molar-refractivity contribution in [1.29, 1.82) is 0 Å². The summed E-state index contributed by atoms with van der Waals surface area (Å²) in [5, 5.41) is 2.70. The molecule has 0 aliphatic rings. The SMILES string of the molecule is CCOCCOC(=O)c1cccc(NC(=O)COc2ccc(C)cc2)c1. The molecule has 0 aliphatic carbocycles. The summed E-state index contributed by atoms with van der Waals surface area (Å²) in [5.74, 6) is -0.151. The average Bonchev–Trinajstić information content (AvgIpc) is 2.65. The Morgan fingerprint density at radius 3 is 2.54 bits per heavy atom. The molecule has 0 aliphatic heterocycles. The molecule has 2 rings (SSSR count). The van der Waals surface area contributed by atoms with E-state index in [0.29, 0.717) is 30.2 Å². The molecule has 0 saturated carbocycles. The van der Waals surface area contributed by atoms with E-state index in [4.69, 9.17) is 14.2 Å². The fourth-order valence-electron chi connectivity index (χ4n) is 2.13. The minimum absolute atomic E-state index is 0.119. The lowest BCUT2D eigenvalue weighted by Gasteiger charge is -2.09. The summed E-state index contributed by atoms with van der Waals surface area (Å²) in [7, 11) is 0. The fraction of sp³-hybridized carbons (Fsp3) is 0.300. The van der Waals surface area contributed by atoms with Crippen LogP contribution in [0.15, 0.2) is 48.5 Å². The van der Waals surface area contributed by atoms with Crippen LogP contribution in [0.25, 0.3) is 0 Å². The summed E-state index contributed by atoms with van der Waals surface area (Å²) in [4.78, 5) is 24.0. The molecule has 0 spiro atoms. The third-order valence-corrected chi connectivity index (χ3v) is 3.44. The number of hydrogen-bond donors (Lipinski definition) is 1. The summed E-state index contributed by atoms with van der Waals surface area (Å²) < 4.78 is 15.7. The van der Waals surface area contributed by atoms with Crippen LogP contribution in [0.3, 0.4) is 0 Å². The number of benzene rings is 2. The Hall–Kier alpha value is -2.86. The van der Waals surface area contributed by atoms with E-state index >= 15 is 0 Å². The summed E-state index contributed by atoms with van der Waals surface area (Å²) in [6.45, 7) is 4.85. The van der Waals surface area contributed by atoms with Gasteiger partial charge >= 0.3 is 5.97 Å². The topological polar surface area (TPSA) is 73.9 Å². The molecule has 26 heavy (non-hydrogen) atoms. The molecule has 1 amide bonds. The first-order valence-electron chi connectivity index (χ1n) is 8.42. The molecular formula is C20H23NO5. The van der Waals surface area contributed by atoms with Crippen molar-refractivity contribution in [3.05, 3.63) is 59.7 Å². The number of ether oxygens (including phenoxy) is 3. The molecule has 2 aromatic rings. The number of hydrogen-bond acceptors (Lipinski definition) is 5. The van der Waals surface area contributed by atoms with Gasteiger partial charge in [-0.2, -0.15) is 0 Å². The zero-order chi connectivity index (χ0) is 18.8.